The van der Waals surface area contributed by atoms with E-state index in [1.807, 2.05) is 13.8 Å². The molecule has 8 heteroatoms. The Morgan fingerprint density at radius 3 is 0.886 bits per heavy atom. The molecule has 35 heavy (non-hydrogen) atoms. The predicted octanol–water partition coefficient (Wildman–Crippen LogP) is 4.27. The fourth-order valence-corrected chi connectivity index (χ4v) is 4.58. The summed E-state index contributed by atoms with van der Waals surface area (Å²) >= 11 is 0. The Morgan fingerprint density at radius 1 is 0.429 bits per heavy atom. The van der Waals surface area contributed by atoms with Crippen molar-refractivity contribution in [3.63, 3.8) is 0 Å². The molecule has 0 saturated heterocycles. The smallest absolute Gasteiger partial charge is 0.339 e. The molecule has 0 unspecified atom stereocenters. The highest BCUT2D eigenvalue weighted by Crippen LogP contribution is 2.34. The van der Waals surface area contributed by atoms with Crippen molar-refractivity contribution in [2.24, 2.45) is 0 Å². The van der Waals surface area contributed by atoms with Gasteiger partial charge in [-0.3, -0.25) is 0 Å². The first-order valence-electron chi connectivity index (χ1n) is 11.0. The third-order valence-electron chi connectivity index (χ3n) is 6.85. The van der Waals surface area contributed by atoms with Gasteiger partial charge in [-0.2, -0.15) is 0 Å². The van der Waals surface area contributed by atoms with Gasteiger partial charge in [-0.15, -0.1) is 0 Å². The molecule has 0 saturated carbocycles. The number of hydrogen-bond donors (Lipinski definition) is 0. The molecular formula is C27H32O8. The minimum absolute atomic E-state index is 0.142. The van der Waals surface area contributed by atoms with Gasteiger partial charge in [0.25, 0.3) is 0 Å². The molecule has 2 aromatic carbocycles. The van der Waals surface area contributed by atoms with Crippen molar-refractivity contribution in [2.45, 2.75) is 48.0 Å². The average molecular weight is 485 g/mol. The maximum Gasteiger partial charge on any atom is 0.339 e. The van der Waals surface area contributed by atoms with Gasteiger partial charge in [-0.1, -0.05) is 0 Å². The molecule has 0 N–H and O–H groups in total. The van der Waals surface area contributed by atoms with Crippen LogP contribution in [0.5, 0.6) is 0 Å². The monoisotopic (exact) mass is 484 g/mol. The minimum atomic E-state index is -0.645. The largest absolute Gasteiger partial charge is 0.465 e. The fourth-order valence-electron chi connectivity index (χ4n) is 4.58. The molecule has 188 valence electrons. The molecule has 0 aromatic heterocycles. The lowest BCUT2D eigenvalue weighted by Gasteiger charge is -2.24. The minimum Gasteiger partial charge on any atom is -0.465 e. The molecule has 0 fully saturated rings. The summed E-state index contributed by atoms with van der Waals surface area (Å²) in [6.45, 7) is 10.7. The lowest BCUT2D eigenvalue weighted by molar-refractivity contribution is 0.0553. The number of benzene rings is 2. The van der Waals surface area contributed by atoms with Crippen LogP contribution < -0.4 is 0 Å². The van der Waals surface area contributed by atoms with Crippen LogP contribution in [0.4, 0.5) is 0 Å². The number of carbonyl (C=O) groups excluding carboxylic acids is 4. The molecule has 0 aliphatic heterocycles. The molecule has 0 aliphatic carbocycles. The highest BCUT2D eigenvalue weighted by atomic mass is 16.5. The SMILES string of the molecule is COC(=O)c1c(C)c(C)c(Cc2c(C)c(C)c(C(=O)OC)c(C(=O)OC)c2C)c(C)c1C(=O)OC. The van der Waals surface area contributed by atoms with Crippen LogP contribution >= 0.6 is 0 Å². The molecule has 0 radical (unpaired) electrons. The quantitative estimate of drug-likeness (QED) is 0.442. The van der Waals surface area contributed by atoms with Crippen LogP contribution in [0.1, 0.15) is 85.9 Å². The van der Waals surface area contributed by atoms with E-state index < -0.39 is 23.9 Å². The van der Waals surface area contributed by atoms with E-state index in [1.165, 1.54) is 28.4 Å². The van der Waals surface area contributed by atoms with Crippen LogP contribution in [0, 0.1) is 41.5 Å². The van der Waals surface area contributed by atoms with Crippen LogP contribution in [0.3, 0.4) is 0 Å². The number of esters is 4. The summed E-state index contributed by atoms with van der Waals surface area (Å²) in [5.41, 5.74) is 6.21. The molecule has 8 nitrogen and oxygen atoms in total. The van der Waals surface area contributed by atoms with E-state index in [1.54, 1.807) is 27.7 Å². The van der Waals surface area contributed by atoms with Crippen molar-refractivity contribution in [3.05, 3.63) is 66.8 Å². The summed E-state index contributed by atoms with van der Waals surface area (Å²) in [6.07, 6.45) is 0.341. The molecular weight excluding hydrogens is 452 g/mol. The first-order valence-corrected chi connectivity index (χ1v) is 11.0. The van der Waals surface area contributed by atoms with Crippen molar-refractivity contribution >= 4 is 23.9 Å². The van der Waals surface area contributed by atoms with E-state index in [-0.39, 0.29) is 22.3 Å². The molecule has 2 aromatic rings. The summed E-state index contributed by atoms with van der Waals surface area (Å²) in [4.78, 5) is 50.6. The zero-order chi connectivity index (χ0) is 26.8. The van der Waals surface area contributed by atoms with Crippen molar-refractivity contribution in [1.29, 1.82) is 0 Å². The summed E-state index contributed by atoms with van der Waals surface area (Å²) in [5.74, 6) is -2.54. The zero-order valence-corrected chi connectivity index (χ0v) is 22.0. The third-order valence-corrected chi connectivity index (χ3v) is 6.85. The van der Waals surface area contributed by atoms with Gasteiger partial charge in [0.05, 0.1) is 50.7 Å². The van der Waals surface area contributed by atoms with Crippen LogP contribution in [0.15, 0.2) is 0 Å². The van der Waals surface area contributed by atoms with Crippen molar-refractivity contribution in [1.82, 2.24) is 0 Å². The van der Waals surface area contributed by atoms with Crippen LogP contribution in [0.25, 0.3) is 0 Å². The number of carbonyl (C=O) groups is 4. The van der Waals surface area contributed by atoms with Crippen LogP contribution in [-0.4, -0.2) is 52.3 Å². The molecule has 0 aliphatic rings. The van der Waals surface area contributed by atoms with Gasteiger partial charge < -0.3 is 18.9 Å². The Bertz CT molecular complexity index is 1140. The van der Waals surface area contributed by atoms with E-state index in [0.29, 0.717) is 28.7 Å². The van der Waals surface area contributed by atoms with Gasteiger partial charge in [-0.25, -0.2) is 19.2 Å². The second kappa shape index (κ2) is 10.7. The normalized spacial score (nSPS) is 10.6. The Hall–Kier alpha value is -3.68. The van der Waals surface area contributed by atoms with Crippen molar-refractivity contribution < 1.29 is 38.1 Å². The van der Waals surface area contributed by atoms with Gasteiger partial charge in [0.1, 0.15) is 0 Å². The maximum absolute atomic E-state index is 12.7. The molecule has 0 spiro atoms. The van der Waals surface area contributed by atoms with E-state index >= 15 is 0 Å². The second-order valence-electron chi connectivity index (χ2n) is 8.35. The highest BCUT2D eigenvalue weighted by Gasteiger charge is 2.30. The van der Waals surface area contributed by atoms with E-state index in [4.69, 9.17) is 18.9 Å². The number of ether oxygens (including phenoxy) is 4. The van der Waals surface area contributed by atoms with Gasteiger partial charge in [-0.05, 0) is 92.5 Å². The Kier molecular flexibility index (Phi) is 8.44. The van der Waals surface area contributed by atoms with E-state index in [0.717, 1.165) is 22.3 Å². The number of hydrogen-bond acceptors (Lipinski definition) is 8. The third kappa shape index (κ3) is 4.65. The predicted molar refractivity (Wildman–Crippen MR) is 129 cm³/mol. The van der Waals surface area contributed by atoms with Crippen LogP contribution in [-0.2, 0) is 25.4 Å². The molecule has 0 heterocycles. The average Bonchev–Trinajstić information content (AvgIpc) is 2.85. The number of methoxy groups -OCH3 is 4. The Morgan fingerprint density at radius 2 is 0.657 bits per heavy atom. The Labute approximate surface area is 205 Å². The van der Waals surface area contributed by atoms with Gasteiger partial charge in [0.2, 0.25) is 0 Å². The van der Waals surface area contributed by atoms with Crippen molar-refractivity contribution in [3.8, 4) is 0 Å². The summed E-state index contributed by atoms with van der Waals surface area (Å²) < 4.78 is 19.8. The standard InChI is InChI=1S/C27H32O8/c1-12-14(3)20(24(28)32-7)22(26(30)34-9)16(5)18(12)11-19-13(2)15(4)21(25(29)33-8)23(17(19)6)27(31)35-10/h11H2,1-10H3. The Balaban J connectivity index is 2.95. The van der Waals surface area contributed by atoms with Gasteiger partial charge in [0, 0.05) is 0 Å². The van der Waals surface area contributed by atoms with E-state index in [2.05, 4.69) is 0 Å². The summed E-state index contributed by atoms with van der Waals surface area (Å²) in [7, 11) is 5.02. The molecule has 0 amide bonds. The summed E-state index contributed by atoms with van der Waals surface area (Å²) in [5, 5.41) is 0. The topological polar surface area (TPSA) is 105 Å². The van der Waals surface area contributed by atoms with E-state index in [9.17, 15) is 19.2 Å². The fraction of sp³-hybridized carbons (Fsp3) is 0.407. The highest BCUT2D eigenvalue weighted by molar-refractivity contribution is 6.07. The molecule has 2 rings (SSSR count). The summed E-state index contributed by atoms with van der Waals surface area (Å²) in [6, 6.07) is 0. The first kappa shape index (κ1) is 27.6. The van der Waals surface area contributed by atoms with Crippen LogP contribution in [0.2, 0.25) is 0 Å². The first-order chi connectivity index (χ1) is 16.4. The number of rotatable bonds is 6. The van der Waals surface area contributed by atoms with Crippen molar-refractivity contribution in [2.75, 3.05) is 28.4 Å². The second-order valence-corrected chi connectivity index (χ2v) is 8.35. The molecule has 0 atom stereocenters. The maximum atomic E-state index is 12.7. The lowest BCUT2D eigenvalue weighted by atomic mass is 9.81. The lowest BCUT2D eigenvalue weighted by Crippen LogP contribution is -2.20. The molecule has 0 bridgehead atoms. The van der Waals surface area contributed by atoms with Gasteiger partial charge >= 0.3 is 23.9 Å². The van der Waals surface area contributed by atoms with Gasteiger partial charge in [0.15, 0.2) is 0 Å². The zero-order valence-electron chi connectivity index (χ0n) is 22.0.